The summed E-state index contributed by atoms with van der Waals surface area (Å²) in [5.41, 5.74) is 0. The molecule has 0 rings (SSSR count). The Morgan fingerprint density at radius 1 is 0.750 bits per heavy atom. The van der Waals surface area contributed by atoms with E-state index >= 15 is 0 Å². The van der Waals surface area contributed by atoms with Crippen molar-refractivity contribution in [1.29, 1.82) is 0 Å². The van der Waals surface area contributed by atoms with Crippen LogP contribution in [0.15, 0.2) is 0 Å². The molecule has 0 radical (unpaired) electrons. The van der Waals surface area contributed by atoms with Crippen LogP contribution in [0.4, 0.5) is 0 Å². The molecule has 0 N–H and O–H groups in total. The summed E-state index contributed by atoms with van der Waals surface area (Å²) in [5, 5.41) is 0. The Hall–Kier alpha value is 3.22. The molecule has 0 saturated carbocycles. The maximum atomic E-state index is 5.01. The molecule has 0 aromatic rings. The van der Waals surface area contributed by atoms with Crippen molar-refractivity contribution >= 4 is 60.3 Å². The van der Waals surface area contributed by atoms with Crippen molar-refractivity contribution in [2.24, 2.45) is 0 Å². The summed E-state index contributed by atoms with van der Waals surface area (Å²) < 4.78 is 0. The van der Waals surface area contributed by atoms with Crippen LogP contribution >= 0.6 is 37.2 Å². The molecule has 0 aliphatic rings. The number of hydrogen-bond donors (Lipinski definition) is 0. The Kier molecular flexibility index (Phi) is 28.7. The van der Waals surface area contributed by atoms with Crippen LogP contribution in [-0.4, -0.2) is 23.1 Å². The third kappa shape index (κ3) is 60.1. The average Bonchev–Trinajstić information content (AvgIpc) is 0.722. The Bertz CT molecular complexity index is 24.0. The molecule has 8 heteroatoms. The van der Waals surface area contributed by atoms with Crippen molar-refractivity contribution in [2.75, 3.05) is 0 Å². The summed E-state index contributed by atoms with van der Waals surface area (Å²) >= 11 is -3.11. The van der Waals surface area contributed by atoms with Gasteiger partial charge in [0.05, 0.1) is 0 Å². The predicted molar refractivity (Wildman–Crippen MR) is 29.2 cm³/mol. The average molecular weight is 285 g/mol. The van der Waals surface area contributed by atoms with Gasteiger partial charge in [-0.3, -0.25) is 0 Å². The van der Waals surface area contributed by atoms with E-state index in [0.29, 0.717) is 0 Å². The molecule has 0 saturated heterocycles. The first-order chi connectivity index (χ1) is 2.00. The first kappa shape index (κ1) is 22.5. The molecule has 0 aromatic heterocycles. The predicted octanol–water partition coefficient (Wildman–Crippen LogP) is -3.62. The SMILES string of the molecule is [Cl-].[Cl-].[Cl][Ti]([Cl])([Cl])[Cl].[Mg+2]. The molecular weight excluding hydrogens is 285 g/mol. The van der Waals surface area contributed by atoms with Gasteiger partial charge >= 0.3 is 72.6 Å². The third-order valence-electron chi connectivity index (χ3n) is 0. The number of hydrogen-bond acceptors (Lipinski definition) is 0. The molecular formula is Cl6MgTi. The van der Waals surface area contributed by atoms with E-state index in [2.05, 4.69) is 0 Å². The zero-order valence-electron chi connectivity index (χ0n) is 3.47. The fraction of sp³-hybridized carbons (Fsp3) is 0. The van der Waals surface area contributed by atoms with Crippen LogP contribution in [0.3, 0.4) is 0 Å². The van der Waals surface area contributed by atoms with Crippen LogP contribution in [0.5, 0.6) is 0 Å². The quantitative estimate of drug-likeness (QED) is 0.403. The van der Waals surface area contributed by atoms with Crippen molar-refractivity contribution in [3.63, 3.8) is 0 Å². The van der Waals surface area contributed by atoms with Gasteiger partial charge in [-0.15, -0.1) is 0 Å². The van der Waals surface area contributed by atoms with Crippen LogP contribution in [0.25, 0.3) is 0 Å². The smallest absolute Gasteiger partial charge is 2.00 e. The van der Waals surface area contributed by atoms with E-state index in [4.69, 9.17) is 37.2 Å². The fourth-order valence-electron chi connectivity index (χ4n) is 0. The minimum absolute atomic E-state index is 0. The molecule has 0 amide bonds. The summed E-state index contributed by atoms with van der Waals surface area (Å²) in [4.78, 5) is 0. The van der Waals surface area contributed by atoms with Crippen LogP contribution < -0.4 is 24.8 Å². The van der Waals surface area contributed by atoms with E-state index in [1.54, 1.807) is 0 Å². The molecule has 0 spiro atoms. The molecule has 0 bridgehead atoms. The Balaban J connectivity index is -0.0000000267. The summed E-state index contributed by atoms with van der Waals surface area (Å²) in [6.45, 7) is 0. The number of rotatable bonds is 0. The molecule has 0 aromatic carbocycles. The van der Waals surface area contributed by atoms with Crippen molar-refractivity contribution in [1.82, 2.24) is 0 Å². The van der Waals surface area contributed by atoms with Gasteiger partial charge in [-0.1, -0.05) is 0 Å². The van der Waals surface area contributed by atoms with E-state index in [9.17, 15) is 0 Å². The van der Waals surface area contributed by atoms with Crippen LogP contribution in [0, 0.1) is 0 Å². The van der Waals surface area contributed by atoms with Crippen molar-refractivity contribution in [3.05, 3.63) is 0 Å². The summed E-state index contributed by atoms with van der Waals surface area (Å²) in [6, 6.07) is 0. The van der Waals surface area contributed by atoms with Crippen molar-refractivity contribution in [2.45, 2.75) is 0 Å². The molecule has 0 aliphatic heterocycles. The van der Waals surface area contributed by atoms with Gasteiger partial charge in [0, 0.05) is 0 Å². The van der Waals surface area contributed by atoms with Crippen LogP contribution in [-0.2, 0) is 12.3 Å². The maximum absolute atomic E-state index is 5.01. The first-order valence-electron chi connectivity index (χ1n) is 0.756. The monoisotopic (exact) mass is 282 g/mol. The third-order valence-corrected chi connectivity index (χ3v) is 0. The zero-order valence-corrected chi connectivity index (χ0v) is 11.0. The Labute approximate surface area is 95.8 Å². The minimum atomic E-state index is -3.11. The molecule has 48 valence electrons. The van der Waals surface area contributed by atoms with Gasteiger partial charge in [-0.05, 0) is 0 Å². The van der Waals surface area contributed by atoms with E-state index in [-0.39, 0.29) is 47.9 Å². The van der Waals surface area contributed by atoms with Crippen molar-refractivity contribution in [3.8, 4) is 0 Å². The standard InChI is InChI=1S/6ClH.Mg.Ti/h6*1H;;/q;;;;;;+2;+4/p-6. The van der Waals surface area contributed by atoms with Gasteiger partial charge in [0.1, 0.15) is 0 Å². The Morgan fingerprint density at radius 3 is 0.750 bits per heavy atom. The molecule has 0 aliphatic carbocycles. The minimum Gasteiger partial charge on any atom is 2.00 e. The van der Waals surface area contributed by atoms with Gasteiger partial charge in [0.25, 0.3) is 0 Å². The topological polar surface area (TPSA) is 0 Å². The second-order valence-corrected chi connectivity index (χ2v) is 15.9. The molecule has 8 heavy (non-hydrogen) atoms. The van der Waals surface area contributed by atoms with E-state index < -0.39 is 12.3 Å². The molecule has 0 nitrogen and oxygen atoms in total. The van der Waals surface area contributed by atoms with Crippen LogP contribution in [0.1, 0.15) is 0 Å². The molecule has 0 unspecified atom stereocenters. The van der Waals surface area contributed by atoms with E-state index in [0.717, 1.165) is 0 Å². The molecule has 0 fully saturated rings. The number of halogens is 6. The van der Waals surface area contributed by atoms with Crippen LogP contribution in [0.2, 0.25) is 0 Å². The van der Waals surface area contributed by atoms with Gasteiger partial charge in [0.15, 0.2) is 0 Å². The van der Waals surface area contributed by atoms with Gasteiger partial charge in [0.2, 0.25) is 0 Å². The summed E-state index contributed by atoms with van der Waals surface area (Å²) in [5.74, 6) is 0. The van der Waals surface area contributed by atoms with Gasteiger partial charge < -0.3 is 24.8 Å². The Morgan fingerprint density at radius 2 is 0.750 bits per heavy atom. The maximum Gasteiger partial charge on any atom is 2.00 e. The molecule has 0 atom stereocenters. The molecule has 0 heterocycles. The van der Waals surface area contributed by atoms with Gasteiger partial charge in [-0.25, -0.2) is 0 Å². The van der Waals surface area contributed by atoms with E-state index in [1.807, 2.05) is 0 Å². The fourth-order valence-corrected chi connectivity index (χ4v) is 0. The first-order valence-corrected chi connectivity index (χ1v) is 9.35. The van der Waals surface area contributed by atoms with E-state index in [1.165, 1.54) is 0 Å². The second kappa shape index (κ2) is 10.2. The summed E-state index contributed by atoms with van der Waals surface area (Å²) in [7, 11) is 20.1. The summed E-state index contributed by atoms with van der Waals surface area (Å²) in [6.07, 6.45) is 0. The second-order valence-electron chi connectivity index (χ2n) is 0.429. The normalized spacial score (nSPS) is 7.50. The van der Waals surface area contributed by atoms with Gasteiger partial charge in [-0.2, -0.15) is 0 Å². The largest absolute Gasteiger partial charge is 2.00 e. The zero-order chi connectivity index (χ0) is 4.50. The van der Waals surface area contributed by atoms with Crippen molar-refractivity contribution < 1.29 is 37.2 Å².